The van der Waals surface area contributed by atoms with Gasteiger partial charge in [0.05, 0.1) is 10.8 Å². The third-order valence-corrected chi connectivity index (χ3v) is 5.05. The summed E-state index contributed by atoms with van der Waals surface area (Å²) in [6, 6.07) is 8.59. The van der Waals surface area contributed by atoms with Crippen LogP contribution in [0.25, 0.3) is 10.7 Å². The van der Waals surface area contributed by atoms with Gasteiger partial charge in [-0.3, -0.25) is 4.79 Å². The van der Waals surface area contributed by atoms with Gasteiger partial charge in [0, 0.05) is 24.2 Å². The van der Waals surface area contributed by atoms with Crippen molar-refractivity contribution in [2.45, 2.75) is 19.3 Å². The van der Waals surface area contributed by atoms with Crippen LogP contribution in [0.3, 0.4) is 0 Å². The maximum Gasteiger partial charge on any atom is 0.232 e. The number of carbonyl (C=O) groups excluding carboxylic acids is 1. The van der Waals surface area contributed by atoms with Crippen LogP contribution < -0.4 is 4.90 Å². The predicted octanol–water partition coefficient (Wildman–Crippen LogP) is 3.77. The standard InChI is InChI=1S/C17H14FN3O2S/c1-10-12(18)4-2-5-13(10)21-9-11(8-15(21)22)17-19-16(20-23-17)14-6-3-7-24-14/h2-7,11H,8-9H2,1H3. The minimum Gasteiger partial charge on any atom is -0.339 e. The minimum absolute atomic E-state index is 0.0652. The highest BCUT2D eigenvalue weighted by atomic mass is 32.1. The van der Waals surface area contributed by atoms with Gasteiger partial charge >= 0.3 is 0 Å². The minimum atomic E-state index is -0.318. The summed E-state index contributed by atoms with van der Waals surface area (Å²) in [6.45, 7) is 2.09. The molecule has 4 rings (SSSR count). The predicted molar refractivity (Wildman–Crippen MR) is 88.5 cm³/mol. The Labute approximate surface area is 141 Å². The third-order valence-electron chi connectivity index (χ3n) is 4.19. The molecule has 2 aromatic heterocycles. The molecule has 0 saturated carbocycles. The summed E-state index contributed by atoms with van der Waals surface area (Å²) < 4.78 is 19.1. The van der Waals surface area contributed by atoms with Crippen molar-refractivity contribution in [3.05, 3.63) is 53.0 Å². The number of hydrogen-bond acceptors (Lipinski definition) is 5. The number of carbonyl (C=O) groups is 1. The van der Waals surface area contributed by atoms with Crippen molar-refractivity contribution in [3.8, 4) is 10.7 Å². The summed E-state index contributed by atoms with van der Waals surface area (Å²) in [5.74, 6) is 0.420. The molecule has 3 aromatic rings. The Morgan fingerprint density at radius 3 is 3.00 bits per heavy atom. The molecule has 1 aromatic carbocycles. The Bertz CT molecular complexity index is 891. The molecule has 0 aliphatic carbocycles. The van der Waals surface area contributed by atoms with Gasteiger partial charge < -0.3 is 9.42 Å². The molecule has 1 fully saturated rings. The number of nitrogens with zero attached hydrogens (tertiary/aromatic N) is 3. The van der Waals surface area contributed by atoms with Gasteiger partial charge in [-0.15, -0.1) is 11.3 Å². The molecule has 5 nitrogen and oxygen atoms in total. The maximum absolute atomic E-state index is 13.8. The van der Waals surface area contributed by atoms with Gasteiger partial charge in [0.1, 0.15) is 5.82 Å². The SMILES string of the molecule is Cc1c(F)cccc1N1CC(c2nc(-c3cccs3)no2)CC1=O. The molecule has 24 heavy (non-hydrogen) atoms. The first-order valence-electron chi connectivity index (χ1n) is 7.56. The Morgan fingerprint density at radius 1 is 1.33 bits per heavy atom. The van der Waals surface area contributed by atoms with Crippen molar-refractivity contribution >= 4 is 22.9 Å². The first-order valence-corrected chi connectivity index (χ1v) is 8.44. The van der Waals surface area contributed by atoms with Crippen LogP contribution in [0.2, 0.25) is 0 Å². The quantitative estimate of drug-likeness (QED) is 0.726. The fraction of sp³-hybridized carbons (Fsp3) is 0.235. The highest BCUT2D eigenvalue weighted by molar-refractivity contribution is 7.13. The number of hydrogen-bond donors (Lipinski definition) is 0. The first kappa shape index (κ1) is 15.0. The second-order valence-corrected chi connectivity index (χ2v) is 6.67. The lowest BCUT2D eigenvalue weighted by atomic mass is 10.1. The summed E-state index contributed by atoms with van der Waals surface area (Å²) in [5.41, 5.74) is 1.07. The fourth-order valence-electron chi connectivity index (χ4n) is 2.90. The van der Waals surface area contributed by atoms with Crippen LogP contribution in [0.4, 0.5) is 10.1 Å². The molecule has 1 saturated heterocycles. The number of halogens is 1. The second-order valence-electron chi connectivity index (χ2n) is 5.72. The number of amides is 1. The zero-order chi connectivity index (χ0) is 16.7. The van der Waals surface area contributed by atoms with Gasteiger partial charge in [-0.1, -0.05) is 17.3 Å². The summed E-state index contributed by atoms with van der Waals surface area (Å²) in [7, 11) is 0. The van der Waals surface area contributed by atoms with E-state index in [1.165, 1.54) is 17.4 Å². The van der Waals surface area contributed by atoms with E-state index in [0.717, 1.165) is 4.88 Å². The molecular weight excluding hydrogens is 329 g/mol. The number of anilines is 1. The van der Waals surface area contributed by atoms with Crippen LogP contribution in [0, 0.1) is 12.7 Å². The van der Waals surface area contributed by atoms with E-state index < -0.39 is 0 Å². The largest absolute Gasteiger partial charge is 0.339 e. The smallest absolute Gasteiger partial charge is 0.232 e. The van der Waals surface area contributed by atoms with E-state index in [0.29, 0.717) is 29.5 Å². The molecular formula is C17H14FN3O2S. The Hall–Kier alpha value is -2.54. The summed E-state index contributed by atoms with van der Waals surface area (Å²) in [5, 5.41) is 5.94. The summed E-state index contributed by atoms with van der Waals surface area (Å²) in [6.07, 6.45) is 0.280. The van der Waals surface area contributed by atoms with Crippen LogP contribution in [0.5, 0.6) is 0 Å². The average Bonchev–Trinajstić information content (AvgIpc) is 3.29. The Kier molecular flexibility index (Phi) is 3.65. The Morgan fingerprint density at radius 2 is 2.21 bits per heavy atom. The van der Waals surface area contributed by atoms with Gasteiger partial charge in [0.15, 0.2) is 0 Å². The lowest BCUT2D eigenvalue weighted by Crippen LogP contribution is -2.25. The van der Waals surface area contributed by atoms with Crippen LogP contribution >= 0.6 is 11.3 Å². The fourth-order valence-corrected chi connectivity index (χ4v) is 3.55. The molecule has 1 aliphatic heterocycles. The second kappa shape index (κ2) is 5.83. The van der Waals surface area contributed by atoms with E-state index in [1.54, 1.807) is 24.0 Å². The van der Waals surface area contributed by atoms with Crippen LogP contribution in [-0.4, -0.2) is 22.6 Å². The lowest BCUT2D eigenvalue weighted by molar-refractivity contribution is -0.117. The van der Waals surface area contributed by atoms with E-state index in [9.17, 15) is 9.18 Å². The number of aromatic nitrogens is 2. The molecule has 122 valence electrons. The molecule has 1 atom stereocenters. The molecule has 1 unspecified atom stereocenters. The zero-order valence-corrected chi connectivity index (χ0v) is 13.7. The van der Waals surface area contributed by atoms with Gasteiger partial charge in [-0.25, -0.2) is 4.39 Å². The zero-order valence-electron chi connectivity index (χ0n) is 12.9. The molecule has 1 aliphatic rings. The van der Waals surface area contributed by atoms with Gasteiger partial charge in [0.2, 0.25) is 17.6 Å². The average molecular weight is 343 g/mol. The maximum atomic E-state index is 13.8. The molecule has 0 bridgehead atoms. The van der Waals surface area contributed by atoms with Gasteiger partial charge in [-0.2, -0.15) is 4.98 Å². The highest BCUT2D eigenvalue weighted by Gasteiger charge is 2.36. The van der Waals surface area contributed by atoms with Gasteiger partial charge in [0.25, 0.3) is 0 Å². The monoisotopic (exact) mass is 343 g/mol. The molecule has 7 heteroatoms. The Balaban J connectivity index is 1.59. The lowest BCUT2D eigenvalue weighted by Gasteiger charge is -2.18. The molecule has 1 amide bonds. The van der Waals surface area contributed by atoms with E-state index in [4.69, 9.17) is 4.52 Å². The van der Waals surface area contributed by atoms with Crippen molar-refractivity contribution in [1.82, 2.24) is 10.1 Å². The summed E-state index contributed by atoms with van der Waals surface area (Å²) >= 11 is 1.53. The van der Waals surface area contributed by atoms with E-state index in [2.05, 4.69) is 10.1 Å². The van der Waals surface area contributed by atoms with Crippen molar-refractivity contribution in [1.29, 1.82) is 0 Å². The van der Waals surface area contributed by atoms with Crippen molar-refractivity contribution in [2.24, 2.45) is 0 Å². The molecule has 0 N–H and O–H groups in total. The summed E-state index contributed by atoms with van der Waals surface area (Å²) in [4.78, 5) is 19.3. The number of benzene rings is 1. The van der Waals surface area contributed by atoms with Crippen molar-refractivity contribution in [2.75, 3.05) is 11.4 Å². The van der Waals surface area contributed by atoms with E-state index >= 15 is 0 Å². The van der Waals surface area contributed by atoms with Crippen LogP contribution in [-0.2, 0) is 4.79 Å². The molecule has 0 radical (unpaired) electrons. The normalized spacial score (nSPS) is 17.7. The van der Waals surface area contributed by atoms with E-state index in [1.807, 2.05) is 17.5 Å². The van der Waals surface area contributed by atoms with Crippen LogP contribution in [0.1, 0.15) is 23.8 Å². The van der Waals surface area contributed by atoms with Gasteiger partial charge in [-0.05, 0) is 30.5 Å². The topological polar surface area (TPSA) is 59.2 Å². The number of thiophene rings is 1. The first-order chi connectivity index (χ1) is 11.6. The van der Waals surface area contributed by atoms with Crippen LogP contribution in [0.15, 0.2) is 40.2 Å². The molecule has 3 heterocycles. The van der Waals surface area contributed by atoms with E-state index in [-0.39, 0.29) is 24.1 Å². The number of rotatable bonds is 3. The third kappa shape index (κ3) is 2.50. The molecule has 0 spiro atoms. The van der Waals surface area contributed by atoms with Crippen molar-refractivity contribution in [3.63, 3.8) is 0 Å². The van der Waals surface area contributed by atoms with Crippen molar-refractivity contribution < 1.29 is 13.7 Å². The highest BCUT2D eigenvalue weighted by Crippen LogP contribution is 2.34.